The second kappa shape index (κ2) is 12.8. The SMILES string of the molecule is CCOc1cc(CNCc2ccccc2OC)cc(Br)c1OCc1ccccc1Cl.Cl. The second-order valence-corrected chi connectivity index (χ2v) is 7.89. The summed E-state index contributed by atoms with van der Waals surface area (Å²) in [7, 11) is 1.69. The van der Waals surface area contributed by atoms with Crippen LogP contribution in [-0.4, -0.2) is 13.7 Å². The maximum Gasteiger partial charge on any atom is 0.175 e. The van der Waals surface area contributed by atoms with E-state index in [1.807, 2.05) is 61.5 Å². The lowest BCUT2D eigenvalue weighted by atomic mass is 10.1. The number of rotatable bonds is 10. The summed E-state index contributed by atoms with van der Waals surface area (Å²) in [6.45, 7) is 4.26. The average molecular weight is 527 g/mol. The minimum Gasteiger partial charge on any atom is -0.496 e. The Hall–Kier alpha value is -1.92. The summed E-state index contributed by atoms with van der Waals surface area (Å²) >= 11 is 9.88. The molecule has 7 heteroatoms. The van der Waals surface area contributed by atoms with E-state index in [1.165, 1.54) is 0 Å². The molecule has 0 aliphatic carbocycles. The van der Waals surface area contributed by atoms with Crippen LogP contribution in [0.4, 0.5) is 0 Å². The number of para-hydroxylation sites is 1. The monoisotopic (exact) mass is 525 g/mol. The van der Waals surface area contributed by atoms with Gasteiger partial charge in [0.1, 0.15) is 12.4 Å². The fourth-order valence-electron chi connectivity index (χ4n) is 3.08. The van der Waals surface area contributed by atoms with Crippen molar-refractivity contribution in [3.63, 3.8) is 0 Å². The van der Waals surface area contributed by atoms with E-state index >= 15 is 0 Å². The molecule has 0 atom stereocenters. The van der Waals surface area contributed by atoms with Gasteiger partial charge in [-0.3, -0.25) is 0 Å². The maximum absolute atomic E-state index is 6.25. The molecule has 3 rings (SSSR count). The van der Waals surface area contributed by atoms with Crippen molar-refractivity contribution in [3.8, 4) is 17.2 Å². The summed E-state index contributed by atoms with van der Waals surface area (Å²) in [5.74, 6) is 2.25. The minimum absolute atomic E-state index is 0. The van der Waals surface area contributed by atoms with Gasteiger partial charge in [0.15, 0.2) is 11.5 Å². The molecule has 3 aromatic rings. The van der Waals surface area contributed by atoms with Gasteiger partial charge in [-0.15, -0.1) is 12.4 Å². The highest BCUT2D eigenvalue weighted by atomic mass is 79.9. The van der Waals surface area contributed by atoms with Crippen molar-refractivity contribution in [2.75, 3.05) is 13.7 Å². The van der Waals surface area contributed by atoms with Crippen LogP contribution in [0.2, 0.25) is 5.02 Å². The maximum atomic E-state index is 6.25. The van der Waals surface area contributed by atoms with Crippen LogP contribution in [0.25, 0.3) is 0 Å². The second-order valence-electron chi connectivity index (χ2n) is 6.63. The number of methoxy groups -OCH3 is 1. The van der Waals surface area contributed by atoms with Gasteiger partial charge in [-0.1, -0.05) is 48.0 Å². The van der Waals surface area contributed by atoms with Gasteiger partial charge in [-0.2, -0.15) is 0 Å². The fraction of sp³-hybridized carbons (Fsp3) is 0.250. The Morgan fingerprint density at radius 3 is 2.32 bits per heavy atom. The molecule has 166 valence electrons. The number of hydrogen-bond acceptors (Lipinski definition) is 4. The van der Waals surface area contributed by atoms with Gasteiger partial charge in [0, 0.05) is 29.2 Å². The van der Waals surface area contributed by atoms with E-state index in [1.54, 1.807) is 7.11 Å². The van der Waals surface area contributed by atoms with E-state index in [4.69, 9.17) is 25.8 Å². The third-order valence-corrected chi connectivity index (χ3v) is 5.49. The predicted molar refractivity (Wildman–Crippen MR) is 132 cm³/mol. The summed E-state index contributed by atoms with van der Waals surface area (Å²) in [6, 6.07) is 19.7. The van der Waals surface area contributed by atoms with Crippen LogP contribution in [0.5, 0.6) is 17.2 Å². The third-order valence-electron chi connectivity index (χ3n) is 4.54. The van der Waals surface area contributed by atoms with Crippen LogP contribution in [0.15, 0.2) is 65.1 Å². The normalized spacial score (nSPS) is 10.3. The van der Waals surface area contributed by atoms with Crippen molar-refractivity contribution in [1.82, 2.24) is 5.32 Å². The Labute approximate surface area is 203 Å². The molecule has 0 heterocycles. The molecule has 31 heavy (non-hydrogen) atoms. The molecule has 0 saturated heterocycles. The zero-order valence-electron chi connectivity index (χ0n) is 17.5. The highest BCUT2D eigenvalue weighted by Gasteiger charge is 2.13. The first-order valence-electron chi connectivity index (χ1n) is 9.76. The van der Waals surface area contributed by atoms with Crippen molar-refractivity contribution in [2.24, 2.45) is 0 Å². The molecular formula is C24H26BrCl2NO3. The molecule has 0 aliphatic heterocycles. The highest BCUT2D eigenvalue weighted by Crippen LogP contribution is 2.38. The average Bonchev–Trinajstić information content (AvgIpc) is 2.75. The largest absolute Gasteiger partial charge is 0.496 e. The van der Waals surface area contributed by atoms with Gasteiger partial charge >= 0.3 is 0 Å². The van der Waals surface area contributed by atoms with Crippen LogP contribution in [0.1, 0.15) is 23.6 Å². The zero-order chi connectivity index (χ0) is 21.3. The van der Waals surface area contributed by atoms with E-state index in [2.05, 4.69) is 27.3 Å². The van der Waals surface area contributed by atoms with E-state index in [0.29, 0.717) is 42.8 Å². The van der Waals surface area contributed by atoms with Gasteiger partial charge in [-0.25, -0.2) is 0 Å². The Kier molecular flexibility index (Phi) is 10.5. The third kappa shape index (κ3) is 7.04. The first-order chi connectivity index (χ1) is 14.6. The Balaban J connectivity index is 0.00000341. The van der Waals surface area contributed by atoms with Crippen molar-refractivity contribution < 1.29 is 14.2 Å². The summed E-state index contributed by atoms with van der Waals surface area (Å²) < 4.78 is 18.2. The number of nitrogens with one attached hydrogen (secondary N) is 1. The molecule has 0 aromatic heterocycles. The van der Waals surface area contributed by atoms with Crippen molar-refractivity contribution in [3.05, 3.63) is 86.8 Å². The predicted octanol–water partition coefficient (Wildman–Crippen LogP) is 6.80. The smallest absolute Gasteiger partial charge is 0.175 e. The minimum atomic E-state index is 0. The Morgan fingerprint density at radius 1 is 0.903 bits per heavy atom. The van der Waals surface area contributed by atoms with Crippen molar-refractivity contribution in [1.29, 1.82) is 0 Å². The zero-order valence-corrected chi connectivity index (χ0v) is 20.6. The van der Waals surface area contributed by atoms with E-state index < -0.39 is 0 Å². The van der Waals surface area contributed by atoms with Gasteiger partial charge in [0.05, 0.1) is 18.2 Å². The molecular weight excluding hydrogens is 501 g/mol. The van der Waals surface area contributed by atoms with Gasteiger partial charge in [0.2, 0.25) is 0 Å². The topological polar surface area (TPSA) is 39.7 Å². The van der Waals surface area contributed by atoms with Crippen LogP contribution in [0.3, 0.4) is 0 Å². The molecule has 0 unspecified atom stereocenters. The standard InChI is InChI=1S/C24H25BrClNO3.ClH/c1-3-29-23-13-17(14-27-15-18-8-5-7-11-22(18)28-2)12-20(25)24(23)30-16-19-9-4-6-10-21(19)26;/h4-13,27H,3,14-16H2,1-2H3;1H. The van der Waals surface area contributed by atoms with E-state index in [0.717, 1.165) is 26.9 Å². The molecule has 0 saturated carbocycles. The van der Waals surface area contributed by atoms with Crippen LogP contribution in [-0.2, 0) is 19.7 Å². The lowest BCUT2D eigenvalue weighted by molar-refractivity contribution is 0.267. The summed E-state index contributed by atoms with van der Waals surface area (Å²) in [4.78, 5) is 0. The molecule has 4 nitrogen and oxygen atoms in total. The molecule has 0 radical (unpaired) electrons. The number of hydrogen-bond donors (Lipinski definition) is 1. The van der Waals surface area contributed by atoms with Gasteiger partial charge in [-0.05, 0) is 52.7 Å². The van der Waals surface area contributed by atoms with Gasteiger partial charge < -0.3 is 19.5 Å². The van der Waals surface area contributed by atoms with Gasteiger partial charge in [0.25, 0.3) is 0 Å². The first-order valence-corrected chi connectivity index (χ1v) is 10.9. The molecule has 0 spiro atoms. The molecule has 3 aromatic carbocycles. The fourth-order valence-corrected chi connectivity index (χ4v) is 3.88. The highest BCUT2D eigenvalue weighted by molar-refractivity contribution is 9.10. The first kappa shape index (κ1) is 25.3. The quantitative estimate of drug-likeness (QED) is 0.315. The van der Waals surface area contributed by atoms with Crippen LogP contribution >= 0.6 is 39.9 Å². The summed E-state index contributed by atoms with van der Waals surface area (Å²) in [5.41, 5.74) is 3.13. The lowest BCUT2D eigenvalue weighted by Gasteiger charge is -2.16. The summed E-state index contributed by atoms with van der Waals surface area (Å²) in [6.07, 6.45) is 0. The van der Waals surface area contributed by atoms with Crippen LogP contribution in [0, 0.1) is 0 Å². The molecule has 1 N–H and O–H groups in total. The lowest BCUT2D eigenvalue weighted by Crippen LogP contribution is -2.13. The summed E-state index contributed by atoms with van der Waals surface area (Å²) in [5, 5.41) is 4.14. The number of halogens is 3. The number of ether oxygens (including phenoxy) is 3. The Bertz CT molecular complexity index is 985. The molecule has 0 bridgehead atoms. The van der Waals surface area contributed by atoms with Crippen LogP contribution < -0.4 is 19.5 Å². The van der Waals surface area contributed by atoms with E-state index in [-0.39, 0.29) is 12.4 Å². The molecule has 0 aliphatic rings. The Morgan fingerprint density at radius 2 is 1.61 bits per heavy atom. The van der Waals surface area contributed by atoms with Crippen molar-refractivity contribution in [2.45, 2.75) is 26.6 Å². The van der Waals surface area contributed by atoms with E-state index in [9.17, 15) is 0 Å². The van der Waals surface area contributed by atoms with Crippen molar-refractivity contribution >= 4 is 39.9 Å². The number of benzene rings is 3. The molecule has 0 amide bonds. The molecule has 0 fully saturated rings.